The van der Waals surface area contributed by atoms with Crippen LogP contribution in [0.3, 0.4) is 0 Å². The molecule has 1 aliphatic rings. The number of nitrogens with two attached hydrogens (primary N) is 1. The average molecular weight is 431 g/mol. The zero-order valence-electron chi connectivity index (χ0n) is 18.0. The smallest absolute Gasteiger partial charge is 0.256 e. The molecule has 1 aromatic heterocycles. The van der Waals surface area contributed by atoms with Gasteiger partial charge >= 0.3 is 0 Å². The van der Waals surface area contributed by atoms with Gasteiger partial charge in [-0.1, -0.05) is 36.4 Å². The summed E-state index contributed by atoms with van der Waals surface area (Å²) >= 11 is 0. The number of hydrogen-bond donors (Lipinski definition) is 6. The van der Waals surface area contributed by atoms with Crippen molar-refractivity contribution in [2.45, 2.75) is 20.4 Å². The van der Waals surface area contributed by atoms with Gasteiger partial charge in [-0.25, -0.2) is 0 Å². The van der Waals surface area contributed by atoms with Crippen LogP contribution in [-0.2, 0) is 6.54 Å². The van der Waals surface area contributed by atoms with Gasteiger partial charge in [0, 0.05) is 24.5 Å². The van der Waals surface area contributed by atoms with Crippen molar-refractivity contribution >= 4 is 28.9 Å². The Kier molecular flexibility index (Phi) is 5.85. The number of carbonyl (C=O) groups excluding carboxylic acids is 1. The number of amides is 1. The summed E-state index contributed by atoms with van der Waals surface area (Å²) in [4.78, 5) is 12.1. The highest BCUT2D eigenvalue weighted by Gasteiger charge is 2.19. The van der Waals surface area contributed by atoms with Gasteiger partial charge in [-0.2, -0.15) is 5.10 Å². The summed E-state index contributed by atoms with van der Waals surface area (Å²) in [5.74, 6) is 0.477. The van der Waals surface area contributed by atoms with Crippen molar-refractivity contribution in [2.24, 2.45) is 5.73 Å². The van der Waals surface area contributed by atoms with E-state index in [-0.39, 0.29) is 11.3 Å². The second-order valence-corrected chi connectivity index (χ2v) is 7.71. The largest absolute Gasteiger partial charge is 0.507 e. The van der Waals surface area contributed by atoms with Crippen LogP contribution < -0.4 is 21.7 Å². The third kappa shape index (κ3) is 4.44. The molecule has 0 fully saturated rings. The van der Waals surface area contributed by atoms with E-state index < -0.39 is 5.91 Å². The Morgan fingerprint density at radius 3 is 2.53 bits per heavy atom. The fourth-order valence-corrected chi connectivity index (χ4v) is 3.67. The number of hydrogen-bond acceptors (Lipinski definition) is 6. The van der Waals surface area contributed by atoms with Crippen molar-refractivity contribution in [1.82, 2.24) is 15.5 Å². The Balaban J connectivity index is 1.50. The molecule has 164 valence electrons. The van der Waals surface area contributed by atoms with Crippen molar-refractivity contribution in [3.8, 4) is 5.75 Å². The number of H-pyrrole nitrogens is 1. The number of phenols is 1. The summed E-state index contributed by atoms with van der Waals surface area (Å²) in [5, 5.41) is 26.7. The molecule has 1 amide bonds. The molecule has 4 rings (SSSR count). The van der Waals surface area contributed by atoms with Crippen molar-refractivity contribution < 1.29 is 9.90 Å². The molecule has 2 aromatic carbocycles. The molecule has 7 N–H and O–H groups in total. The second kappa shape index (κ2) is 8.89. The number of anilines is 3. The molecule has 0 spiro atoms. The van der Waals surface area contributed by atoms with Crippen LogP contribution in [0.15, 0.2) is 54.6 Å². The lowest BCUT2D eigenvalue weighted by Crippen LogP contribution is -2.15. The summed E-state index contributed by atoms with van der Waals surface area (Å²) in [6.45, 7) is 4.93. The van der Waals surface area contributed by atoms with Crippen LogP contribution in [0.5, 0.6) is 5.75 Å². The Labute approximate surface area is 186 Å². The van der Waals surface area contributed by atoms with Crippen LogP contribution >= 0.6 is 0 Å². The number of allylic oxidation sites excluding steroid dienone is 2. The minimum atomic E-state index is -0.596. The van der Waals surface area contributed by atoms with Crippen molar-refractivity contribution in [3.05, 3.63) is 82.4 Å². The molecular weight excluding hydrogens is 404 g/mol. The summed E-state index contributed by atoms with van der Waals surface area (Å²) in [5.41, 5.74) is 11.4. The number of dihydropyridines is 1. The molecule has 0 saturated heterocycles. The number of nitrogens with zero attached hydrogens (tertiary/aromatic N) is 1. The number of phenolic OH excluding ortho intramolecular Hbond substituents is 1. The minimum absolute atomic E-state index is 0.253. The van der Waals surface area contributed by atoms with Crippen LogP contribution in [0.2, 0.25) is 0 Å². The molecule has 8 nitrogen and oxygen atoms in total. The molecule has 3 aromatic rings. The number of aromatic hydroxyl groups is 1. The van der Waals surface area contributed by atoms with Gasteiger partial charge in [0.25, 0.3) is 5.91 Å². The first kappa shape index (κ1) is 21.0. The molecule has 0 aliphatic carbocycles. The van der Waals surface area contributed by atoms with Crippen LogP contribution in [0, 0.1) is 13.8 Å². The zero-order chi connectivity index (χ0) is 22.7. The highest BCUT2D eigenvalue weighted by atomic mass is 16.3. The van der Waals surface area contributed by atoms with Crippen LogP contribution in [0.25, 0.3) is 5.70 Å². The summed E-state index contributed by atoms with van der Waals surface area (Å²) in [7, 11) is 0. The lowest BCUT2D eigenvalue weighted by Gasteiger charge is -2.13. The number of benzene rings is 2. The summed E-state index contributed by atoms with van der Waals surface area (Å²) in [6, 6.07) is 11.6. The predicted octanol–water partition coefficient (Wildman–Crippen LogP) is 3.69. The SMILES string of the molecule is Cc1cc(CNc2n[nH]c(Nc3ccc(C4=CC=CCN4)cc3)c2C(N)=O)cc(C)c1O. The van der Waals surface area contributed by atoms with Gasteiger partial charge in [-0.3, -0.25) is 9.89 Å². The summed E-state index contributed by atoms with van der Waals surface area (Å²) < 4.78 is 0. The van der Waals surface area contributed by atoms with E-state index in [4.69, 9.17) is 5.73 Å². The van der Waals surface area contributed by atoms with Gasteiger partial charge in [0.05, 0.1) is 0 Å². The van der Waals surface area contributed by atoms with Gasteiger partial charge in [0.1, 0.15) is 17.1 Å². The number of nitrogens with one attached hydrogen (secondary N) is 4. The number of primary amides is 1. The second-order valence-electron chi connectivity index (χ2n) is 7.71. The first-order valence-corrected chi connectivity index (χ1v) is 10.3. The Morgan fingerprint density at radius 2 is 1.91 bits per heavy atom. The highest BCUT2D eigenvalue weighted by molar-refractivity contribution is 6.03. The maximum Gasteiger partial charge on any atom is 0.256 e. The van der Waals surface area contributed by atoms with Crippen LogP contribution in [0.4, 0.5) is 17.3 Å². The van der Waals surface area contributed by atoms with Gasteiger partial charge in [0.2, 0.25) is 0 Å². The van der Waals surface area contributed by atoms with Gasteiger partial charge in [-0.05, 0) is 54.3 Å². The minimum Gasteiger partial charge on any atom is -0.507 e. The maximum absolute atomic E-state index is 12.1. The molecule has 0 atom stereocenters. The molecule has 0 bridgehead atoms. The van der Waals surface area contributed by atoms with Gasteiger partial charge < -0.3 is 26.8 Å². The Hall–Kier alpha value is -4.20. The number of aryl methyl sites for hydroxylation is 2. The van der Waals surface area contributed by atoms with Gasteiger partial charge in [0.15, 0.2) is 5.82 Å². The monoisotopic (exact) mass is 430 g/mol. The lowest BCUT2D eigenvalue weighted by atomic mass is 10.1. The quantitative estimate of drug-likeness (QED) is 0.339. The molecule has 32 heavy (non-hydrogen) atoms. The highest BCUT2D eigenvalue weighted by Crippen LogP contribution is 2.27. The third-order valence-electron chi connectivity index (χ3n) is 5.30. The van der Waals surface area contributed by atoms with E-state index in [2.05, 4.69) is 32.2 Å². The maximum atomic E-state index is 12.1. The van der Waals surface area contributed by atoms with E-state index in [0.29, 0.717) is 18.2 Å². The zero-order valence-corrected chi connectivity index (χ0v) is 18.0. The van der Waals surface area contributed by atoms with Gasteiger partial charge in [-0.15, -0.1) is 0 Å². The Morgan fingerprint density at radius 1 is 1.19 bits per heavy atom. The fourth-order valence-electron chi connectivity index (χ4n) is 3.67. The summed E-state index contributed by atoms with van der Waals surface area (Å²) in [6.07, 6.45) is 6.11. The molecular formula is C24H26N6O2. The van der Waals surface area contributed by atoms with E-state index >= 15 is 0 Å². The van der Waals surface area contributed by atoms with Crippen LogP contribution in [0.1, 0.15) is 32.6 Å². The predicted molar refractivity (Wildman–Crippen MR) is 127 cm³/mol. The Bertz CT molecular complexity index is 1180. The average Bonchev–Trinajstić information content (AvgIpc) is 3.19. The fraction of sp³-hybridized carbons (Fsp3) is 0.167. The molecule has 1 aliphatic heterocycles. The van der Waals surface area contributed by atoms with Crippen molar-refractivity contribution in [2.75, 3.05) is 17.2 Å². The lowest BCUT2D eigenvalue weighted by molar-refractivity contribution is 0.100. The van der Waals surface area contributed by atoms with Crippen LogP contribution in [-0.4, -0.2) is 27.8 Å². The number of carbonyl (C=O) groups is 1. The van der Waals surface area contributed by atoms with E-state index in [1.165, 1.54) is 0 Å². The number of aromatic nitrogens is 2. The molecule has 0 saturated carbocycles. The third-order valence-corrected chi connectivity index (χ3v) is 5.30. The number of aromatic amines is 1. The normalized spacial score (nSPS) is 12.8. The topological polar surface area (TPSA) is 128 Å². The molecule has 0 radical (unpaired) electrons. The standard InChI is InChI=1S/C24H26N6O2/c1-14-11-16(12-15(2)21(14)31)13-27-23-20(22(25)32)24(30-29-23)28-18-8-6-17(7-9-18)19-5-3-4-10-26-19/h3-9,11-12,26,31H,10,13H2,1-2H3,(H2,25,32)(H3,27,28,29,30). The number of rotatable bonds is 7. The molecule has 8 heteroatoms. The van der Waals surface area contributed by atoms with E-state index in [1.54, 1.807) is 0 Å². The first-order valence-electron chi connectivity index (χ1n) is 10.3. The van der Waals surface area contributed by atoms with Crippen molar-refractivity contribution in [3.63, 3.8) is 0 Å². The van der Waals surface area contributed by atoms with E-state index in [1.807, 2.05) is 62.4 Å². The van der Waals surface area contributed by atoms with Crippen molar-refractivity contribution in [1.29, 1.82) is 0 Å². The van der Waals surface area contributed by atoms with E-state index in [9.17, 15) is 9.90 Å². The first-order chi connectivity index (χ1) is 15.4. The molecule has 0 unspecified atom stereocenters. The van der Waals surface area contributed by atoms with E-state index in [0.717, 1.165) is 40.2 Å². The molecule has 2 heterocycles.